The number of ketones is 1. The first-order valence-electron chi connectivity index (χ1n) is 17.3. The molecule has 0 saturated heterocycles. The zero-order chi connectivity index (χ0) is 33.6. The summed E-state index contributed by atoms with van der Waals surface area (Å²) in [5, 5.41) is 35.5. The highest BCUT2D eigenvalue weighted by Gasteiger charge is 2.83. The van der Waals surface area contributed by atoms with Crippen LogP contribution in [0.15, 0.2) is 23.3 Å². The molecule has 0 aliphatic heterocycles. The quantitative estimate of drug-likeness (QED) is 0.128. The van der Waals surface area contributed by atoms with Crippen molar-refractivity contribution in [2.75, 3.05) is 6.61 Å². The van der Waals surface area contributed by atoms with E-state index < -0.39 is 63.4 Å². The van der Waals surface area contributed by atoms with Crippen LogP contribution in [0.1, 0.15) is 126 Å². The van der Waals surface area contributed by atoms with Crippen molar-refractivity contribution < 1.29 is 39.2 Å². The number of carbonyl (C=O) groups excluding carboxylic acids is 3. The molecule has 1 spiro atoms. The highest BCUT2D eigenvalue weighted by Crippen LogP contribution is 2.75. The summed E-state index contributed by atoms with van der Waals surface area (Å²) in [6.07, 6.45) is 11.0. The highest BCUT2D eigenvalue weighted by atomic mass is 16.6. The van der Waals surface area contributed by atoms with Gasteiger partial charge in [0.05, 0.1) is 10.8 Å². The zero-order valence-electron chi connectivity index (χ0n) is 28.9. The molecule has 4 aliphatic carbocycles. The van der Waals surface area contributed by atoms with Crippen LogP contribution in [-0.4, -0.2) is 63.1 Å². The van der Waals surface area contributed by atoms with E-state index >= 15 is 0 Å². The number of unbranched alkanes of at least 4 members (excludes halogenated alkanes) is 8. The lowest BCUT2D eigenvalue weighted by Gasteiger charge is -2.48. The Balaban J connectivity index is 1.59. The molecule has 0 aromatic carbocycles. The average Bonchev–Trinajstić information content (AvgIpc) is 3.37. The Kier molecular flexibility index (Phi) is 10.2. The molecule has 8 atom stereocenters. The van der Waals surface area contributed by atoms with E-state index in [-0.39, 0.29) is 23.9 Å². The van der Waals surface area contributed by atoms with Crippen molar-refractivity contribution in [1.29, 1.82) is 0 Å². The molecule has 0 aromatic heterocycles. The summed E-state index contributed by atoms with van der Waals surface area (Å²) in [6, 6.07) is 0. The van der Waals surface area contributed by atoms with Gasteiger partial charge in [0.25, 0.3) is 0 Å². The lowest BCUT2D eigenvalue weighted by atomic mass is 9.59. The molecule has 0 aromatic rings. The van der Waals surface area contributed by atoms with Gasteiger partial charge >= 0.3 is 11.9 Å². The average molecular weight is 631 g/mol. The third-order valence-electron chi connectivity index (χ3n) is 11.6. The van der Waals surface area contributed by atoms with E-state index in [9.17, 15) is 29.7 Å². The third kappa shape index (κ3) is 5.86. The van der Waals surface area contributed by atoms with Crippen LogP contribution in [0.3, 0.4) is 0 Å². The van der Waals surface area contributed by atoms with E-state index in [2.05, 4.69) is 6.92 Å². The van der Waals surface area contributed by atoms with Gasteiger partial charge in [0.15, 0.2) is 5.78 Å². The summed E-state index contributed by atoms with van der Waals surface area (Å²) in [6.45, 7) is 14.5. The van der Waals surface area contributed by atoms with Gasteiger partial charge in [-0.25, -0.2) is 0 Å². The molecular formula is C37H58O8. The Labute approximate surface area is 270 Å². The lowest BCUT2D eigenvalue weighted by Crippen LogP contribution is -2.65. The lowest BCUT2D eigenvalue weighted by molar-refractivity contribution is -0.192. The van der Waals surface area contributed by atoms with Gasteiger partial charge in [-0.15, -0.1) is 0 Å². The smallest absolute Gasteiger partial charge is 0.311 e. The first kappa shape index (κ1) is 35.8. The molecule has 8 heteroatoms. The molecule has 45 heavy (non-hydrogen) atoms. The molecular weight excluding hydrogens is 572 g/mol. The van der Waals surface area contributed by atoms with E-state index in [4.69, 9.17) is 9.47 Å². The maximum absolute atomic E-state index is 14.7. The van der Waals surface area contributed by atoms with Crippen molar-refractivity contribution in [2.45, 2.75) is 149 Å². The summed E-state index contributed by atoms with van der Waals surface area (Å²) < 4.78 is 12.0. The SMILES string of the molecule is CCCCCCCCCCCC(=O)O[C@@]12CC(C)C34C=C(C)[C@H](O)[C@@]3(O)[C@H](O)C(COC(=O)C(C)(C)C)=C[C@H](C4=O)[C@@H]1C2(C)C. The predicted octanol–water partition coefficient (Wildman–Crippen LogP) is 6.00. The van der Waals surface area contributed by atoms with Gasteiger partial charge in [0.2, 0.25) is 0 Å². The van der Waals surface area contributed by atoms with Crippen LogP contribution in [-0.2, 0) is 23.9 Å². The fraction of sp³-hybridized carbons (Fsp3) is 0.811. The molecule has 0 radical (unpaired) electrons. The fourth-order valence-electron chi connectivity index (χ4n) is 8.92. The number of carbonyl (C=O) groups is 3. The highest BCUT2D eigenvalue weighted by molar-refractivity contribution is 5.96. The Bertz CT molecular complexity index is 1210. The number of fused-ring (bicyclic) bond motifs is 3. The Hall–Kier alpha value is -2.03. The molecule has 0 heterocycles. The largest absolute Gasteiger partial charge is 0.461 e. The molecule has 0 amide bonds. The van der Waals surface area contributed by atoms with Crippen molar-refractivity contribution in [1.82, 2.24) is 0 Å². The summed E-state index contributed by atoms with van der Waals surface area (Å²) in [5.74, 6) is -2.88. The Morgan fingerprint density at radius 1 is 0.978 bits per heavy atom. The maximum atomic E-state index is 14.7. The van der Waals surface area contributed by atoms with Gasteiger partial charge in [-0.1, -0.05) is 91.2 Å². The van der Waals surface area contributed by atoms with Crippen LogP contribution in [0.4, 0.5) is 0 Å². The molecule has 2 unspecified atom stereocenters. The first-order valence-corrected chi connectivity index (χ1v) is 17.3. The van der Waals surface area contributed by atoms with Gasteiger partial charge in [-0.3, -0.25) is 14.4 Å². The molecule has 4 rings (SSSR count). The number of hydrogen-bond donors (Lipinski definition) is 3. The zero-order valence-corrected chi connectivity index (χ0v) is 28.9. The fourth-order valence-corrected chi connectivity index (χ4v) is 8.92. The van der Waals surface area contributed by atoms with Gasteiger partial charge in [0, 0.05) is 23.7 Å². The van der Waals surface area contributed by atoms with E-state index in [1.807, 2.05) is 20.8 Å². The van der Waals surface area contributed by atoms with Crippen LogP contribution in [0.5, 0.6) is 0 Å². The Morgan fingerprint density at radius 2 is 1.56 bits per heavy atom. The summed E-state index contributed by atoms with van der Waals surface area (Å²) in [4.78, 5) is 40.8. The van der Waals surface area contributed by atoms with E-state index in [1.165, 1.54) is 38.5 Å². The minimum absolute atomic E-state index is 0.171. The van der Waals surface area contributed by atoms with Gasteiger partial charge in [0.1, 0.15) is 30.0 Å². The maximum Gasteiger partial charge on any atom is 0.311 e. The summed E-state index contributed by atoms with van der Waals surface area (Å²) >= 11 is 0. The third-order valence-corrected chi connectivity index (χ3v) is 11.6. The number of hydrogen-bond acceptors (Lipinski definition) is 8. The number of aliphatic hydroxyl groups is 3. The van der Waals surface area contributed by atoms with Crippen molar-refractivity contribution in [3.63, 3.8) is 0 Å². The predicted molar refractivity (Wildman–Crippen MR) is 172 cm³/mol. The van der Waals surface area contributed by atoms with Crippen molar-refractivity contribution >= 4 is 17.7 Å². The molecule has 2 saturated carbocycles. The van der Waals surface area contributed by atoms with Gasteiger partial charge in [-0.05, 0) is 57.6 Å². The second-order valence-electron chi connectivity index (χ2n) is 16.1. The normalized spacial score (nSPS) is 36.6. The molecule has 8 nitrogen and oxygen atoms in total. The van der Waals surface area contributed by atoms with Crippen molar-refractivity contribution in [2.24, 2.45) is 34.0 Å². The van der Waals surface area contributed by atoms with E-state index in [1.54, 1.807) is 39.8 Å². The molecule has 2 bridgehead atoms. The number of Topliss-reactive ketones (excluding diaryl/α,β-unsaturated/α-hetero) is 1. The second-order valence-corrected chi connectivity index (χ2v) is 16.1. The summed E-state index contributed by atoms with van der Waals surface area (Å²) in [5.41, 5.74) is -5.62. The molecule has 3 N–H and O–H groups in total. The van der Waals surface area contributed by atoms with Crippen LogP contribution >= 0.6 is 0 Å². The molecule has 2 fully saturated rings. The number of rotatable bonds is 13. The first-order chi connectivity index (χ1) is 20.9. The van der Waals surface area contributed by atoms with Crippen LogP contribution in [0.2, 0.25) is 0 Å². The Morgan fingerprint density at radius 3 is 2.13 bits per heavy atom. The topological polar surface area (TPSA) is 130 Å². The minimum Gasteiger partial charge on any atom is -0.461 e. The monoisotopic (exact) mass is 630 g/mol. The number of ether oxygens (including phenoxy) is 2. The standard InChI is InChI=1S/C37H58O8/c1-9-10-11-12-13-14-15-16-17-18-27(38)45-36-21-24(3)35-20-23(2)29(39)37(35,43)30(40)25(22-44-32(42)33(4,5)6)19-26(31(35)41)28(36)34(36,7)8/h19-20,24,26,28-30,39-40,43H,9-18,21-22H2,1-8H3/t24?,26-,28+,29-,30+,35?,36-,37+/m0/s1. The van der Waals surface area contributed by atoms with Crippen LogP contribution < -0.4 is 0 Å². The van der Waals surface area contributed by atoms with E-state index in [0.29, 0.717) is 18.4 Å². The van der Waals surface area contributed by atoms with Gasteiger partial charge in [-0.2, -0.15) is 0 Å². The molecule has 254 valence electrons. The van der Waals surface area contributed by atoms with Crippen molar-refractivity contribution in [3.05, 3.63) is 23.3 Å². The van der Waals surface area contributed by atoms with Crippen molar-refractivity contribution in [3.8, 4) is 0 Å². The number of aliphatic hydroxyl groups excluding tert-OH is 2. The second kappa shape index (κ2) is 12.9. The van der Waals surface area contributed by atoms with Gasteiger partial charge < -0.3 is 24.8 Å². The molecule has 4 aliphatic rings. The number of esters is 2. The van der Waals surface area contributed by atoms with E-state index in [0.717, 1.165) is 19.3 Å². The number of allylic oxidation sites excluding steroid dienone is 1. The minimum atomic E-state index is -2.27. The van der Waals surface area contributed by atoms with Crippen LogP contribution in [0.25, 0.3) is 0 Å². The summed E-state index contributed by atoms with van der Waals surface area (Å²) in [7, 11) is 0. The van der Waals surface area contributed by atoms with Crippen LogP contribution in [0, 0.1) is 34.0 Å².